The minimum absolute atomic E-state index is 0.0248. The highest BCUT2D eigenvalue weighted by molar-refractivity contribution is 8.00. The number of halogens is 4. The largest absolute Gasteiger partial charge is 0.446 e. The molecule has 0 spiro atoms. The van der Waals surface area contributed by atoms with E-state index in [2.05, 4.69) is 5.32 Å². The number of anilines is 1. The Morgan fingerprint density at radius 2 is 1.67 bits per heavy atom. The minimum atomic E-state index is -4.35. The number of amides is 1. The zero-order valence-corrected chi connectivity index (χ0v) is 12.0. The topological polar surface area (TPSA) is 29.1 Å². The summed E-state index contributed by atoms with van der Waals surface area (Å²) in [5.74, 6) is -0.438. The van der Waals surface area contributed by atoms with Crippen molar-refractivity contribution in [3.8, 4) is 0 Å². The number of rotatable bonds is 3. The van der Waals surface area contributed by atoms with Gasteiger partial charge in [-0.1, -0.05) is 23.7 Å². The summed E-state index contributed by atoms with van der Waals surface area (Å²) in [6.07, 6.45) is 0. The van der Waals surface area contributed by atoms with Crippen molar-refractivity contribution in [2.24, 2.45) is 0 Å². The van der Waals surface area contributed by atoms with Crippen molar-refractivity contribution >= 4 is 35.0 Å². The van der Waals surface area contributed by atoms with Gasteiger partial charge in [-0.25, -0.2) is 0 Å². The van der Waals surface area contributed by atoms with E-state index in [0.717, 1.165) is 0 Å². The Labute approximate surface area is 128 Å². The van der Waals surface area contributed by atoms with Gasteiger partial charge in [-0.15, -0.1) is 0 Å². The van der Waals surface area contributed by atoms with Gasteiger partial charge in [0.05, 0.1) is 10.7 Å². The molecule has 0 aliphatic carbocycles. The summed E-state index contributed by atoms with van der Waals surface area (Å²) in [5, 5.41) is 2.98. The van der Waals surface area contributed by atoms with Gasteiger partial charge in [-0.2, -0.15) is 13.2 Å². The van der Waals surface area contributed by atoms with Crippen LogP contribution in [0.4, 0.5) is 18.9 Å². The van der Waals surface area contributed by atoms with Crippen LogP contribution in [0.3, 0.4) is 0 Å². The number of para-hydroxylation sites is 1. The molecule has 2 aromatic rings. The molecule has 0 aromatic heterocycles. The third-order valence-corrected chi connectivity index (χ3v) is 3.54. The Hall–Kier alpha value is -1.66. The van der Waals surface area contributed by atoms with Gasteiger partial charge in [0.25, 0.3) is 5.91 Å². The summed E-state index contributed by atoms with van der Waals surface area (Å²) in [7, 11) is 0. The smallest absolute Gasteiger partial charge is 0.321 e. The number of nitrogens with one attached hydrogen (secondary N) is 1. The fraction of sp³-hybridized carbons (Fsp3) is 0.0714. The molecule has 1 amide bonds. The quantitative estimate of drug-likeness (QED) is 0.783. The van der Waals surface area contributed by atoms with E-state index in [0.29, 0.717) is 10.7 Å². The number of carbonyl (C=O) groups is 1. The van der Waals surface area contributed by atoms with Gasteiger partial charge in [0.1, 0.15) is 0 Å². The van der Waals surface area contributed by atoms with Crippen LogP contribution in [-0.2, 0) is 0 Å². The molecule has 21 heavy (non-hydrogen) atoms. The number of alkyl halides is 3. The van der Waals surface area contributed by atoms with Crippen molar-refractivity contribution in [2.45, 2.75) is 10.4 Å². The maximum absolute atomic E-state index is 12.2. The van der Waals surface area contributed by atoms with Crippen LogP contribution in [0, 0.1) is 0 Å². The first-order valence-electron chi connectivity index (χ1n) is 5.77. The van der Waals surface area contributed by atoms with Crippen LogP contribution in [0.5, 0.6) is 0 Å². The third-order valence-electron chi connectivity index (χ3n) is 2.47. The maximum Gasteiger partial charge on any atom is 0.446 e. The van der Waals surface area contributed by atoms with E-state index < -0.39 is 11.4 Å². The Morgan fingerprint density at radius 1 is 1.05 bits per heavy atom. The lowest BCUT2D eigenvalue weighted by atomic mass is 10.2. The molecule has 7 heteroatoms. The molecule has 2 nitrogen and oxygen atoms in total. The van der Waals surface area contributed by atoms with Crippen LogP contribution in [0.2, 0.25) is 5.02 Å². The molecular weight excluding hydrogens is 323 g/mol. The fourth-order valence-corrected chi connectivity index (χ4v) is 2.29. The molecule has 0 heterocycles. The van der Waals surface area contributed by atoms with Crippen molar-refractivity contribution in [2.75, 3.05) is 5.32 Å². The van der Waals surface area contributed by atoms with Crippen LogP contribution in [0.15, 0.2) is 53.4 Å². The summed E-state index contributed by atoms with van der Waals surface area (Å²) >= 11 is 5.69. The van der Waals surface area contributed by atoms with Crippen LogP contribution in [-0.4, -0.2) is 11.4 Å². The first kappa shape index (κ1) is 15.7. The lowest BCUT2D eigenvalue weighted by Gasteiger charge is -2.08. The summed E-state index contributed by atoms with van der Waals surface area (Å²) in [5.41, 5.74) is -3.65. The molecule has 0 bridgehead atoms. The number of thioether (sulfide) groups is 1. The average molecular weight is 332 g/mol. The molecule has 2 aromatic carbocycles. The van der Waals surface area contributed by atoms with E-state index in [1.165, 1.54) is 24.3 Å². The first-order chi connectivity index (χ1) is 9.85. The highest BCUT2D eigenvalue weighted by Gasteiger charge is 2.29. The number of hydrogen-bond donors (Lipinski definition) is 1. The lowest BCUT2D eigenvalue weighted by Crippen LogP contribution is -2.12. The monoisotopic (exact) mass is 331 g/mol. The van der Waals surface area contributed by atoms with Gasteiger partial charge in [-0.3, -0.25) is 4.79 Å². The zero-order valence-electron chi connectivity index (χ0n) is 10.4. The van der Waals surface area contributed by atoms with E-state index >= 15 is 0 Å². The van der Waals surface area contributed by atoms with E-state index in [1.807, 2.05) is 0 Å². The molecule has 0 radical (unpaired) electrons. The highest BCUT2D eigenvalue weighted by Crippen LogP contribution is 2.36. The Bertz CT molecular complexity index is 643. The standard InChI is InChI=1S/C14H9ClF3NOS/c15-11-3-1-2-4-12(11)19-13(20)9-5-7-10(8-6-9)21-14(16,17)18/h1-8H,(H,19,20). The van der Waals surface area contributed by atoms with Gasteiger partial charge in [0.15, 0.2) is 0 Å². The molecule has 0 saturated heterocycles. The average Bonchev–Trinajstić information content (AvgIpc) is 2.40. The van der Waals surface area contributed by atoms with E-state index in [9.17, 15) is 18.0 Å². The molecule has 1 N–H and O–H groups in total. The van der Waals surface area contributed by atoms with Crippen molar-refractivity contribution < 1.29 is 18.0 Å². The maximum atomic E-state index is 12.2. The van der Waals surface area contributed by atoms with Gasteiger partial charge >= 0.3 is 5.51 Å². The van der Waals surface area contributed by atoms with Crippen molar-refractivity contribution in [1.29, 1.82) is 0 Å². The lowest BCUT2D eigenvalue weighted by molar-refractivity contribution is -0.0328. The van der Waals surface area contributed by atoms with E-state index in [4.69, 9.17) is 11.6 Å². The number of carbonyl (C=O) groups excluding carboxylic acids is 1. The van der Waals surface area contributed by atoms with Crippen LogP contribution in [0.25, 0.3) is 0 Å². The fourth-order valence-electron chi connectivity index (χ4n) is 1.57. The van der Waals surface area contributed by atoms with Gasteiger partial charge in [0.2, 0.25) is 0 Å². The minimum Gasteiger partial charge on any atom is -0.321 e. The van der Waals surface area contributed by atoms with Gasteiger partial charge in [0, 0.05) is 10.5 Å². The van der Waals surface area contributed by atoms with Crippen molar-refractivity contribution in [3.63, 3.8) is 0 Å². The van der Waals surface area contributed by atoms with E-state index in [-0.39, 0.29) is 22.2 Å². The molecule has 0 atom stereocenters. The zero-order chi connectivity index (χ0) is 15.5. The van der Waals surface area contributed by atoms with Crippen molar-refractivity contribution in [1.82, 2.24) is 0 Å². The molecule has 0 fully saturated rings. The van der Waals surface area contributed by atoms with Gasteiger partial charge < -0.3 is 5.32 Å². The van der Waals surface area contributed by atoms with Crippen LogP contribution >= 0.6 is 23.4 Å². The molecule has 0 saturated carbocycles. The second kappa shape index (κ2) is 6.41. The van der Waals surface area contributed by atoms with Crippen molar-refractivity contribution in [3.05, 3.63) is 59.1 Å². The number of benzene rings is 2. The normalized spacial score (nSPS) is 11.2. The Morgan fingerprint density at radius 3 is 2.24 bits per heavy atom. The Balaban J connectivity index is 2.08. The summed E-state index contributed by atoms with van der Waals surface area (Å²) in [6, 6.07) is 11.9. The van der Waals surface area contributed by atoms with E-state index in [1.54, 1.807) is 24.3 Å². The molecule has 110 valence electrons. The van der Waals surface area contributed by atoms with Crippen LogP contribution in [0.1, 0.15) is 10.4 Å². The third kappa shape index (κ3) is 4.68. The van der Waals surface area contributed by atoms with Crippen LogP contribution < -0.4 is 5.32 Å². The molecule has 0 aliphatic rings. The predicted octanol–water partition coefficient (Wildman–Crippen LogP) is 5.20. The molecular formula is C14H9ClF3NOS. The predicted molar refractivity (Wildman–Crippen MR) is 77.8 cm³/mol. The summed E-state index contributed by atoms with van der Waals surface area (Å²) in [6.45, 7) is 0. The second-order valence-electron chi connectivity index (χ2n) is 4.01. The molecule has 0 aliphatic heterocycles. The first-order valence-corrected chi connectivity index (χ1v) is 6.96. The second-order valence-corrected chi connectivity index (χ2v) is 5.55. The number of hydrogen-bond acceptors (Lipinski definition) is 2. The SMILES string of the molecule is O=C(Nc1ccccc1Cl)c1ccc(SC(F)(F)F)cc1. The highest BCUT2D eigenvalue weighted by atomic mass is 35.5. The summed E-state index contributed by atoms with van der Waals surface area (Å²) in [4.78, 5) is 12.0. The van der Waals surface area contributed by atoms with Gasteiger partial charge in [-0.05, 0) is 48.2 Å². The molecule has 0 unspecified atom stereocenters. The Kier molecular flexibility index (Phi) is 4.80. The summed E-state index contributed by atoms with van der Waals surface area (Å²) < 4.78 is 36.6. The molecule has 2 rings (SSSR count).